The maximum Gasteiger partial charge on any atom is 0.189 e. The summed E-state index contributed by atoms with van der Waals surface area (Å²) in [6.07, 6.45) is 4.37. The highest BCUT2D eigenvalue weighted by molar-refractivity contribution is 6.38. The van der Waals surface area contributed by atoms with Crippen molar-refractivity contribution in [3.8, 4) is 23.8 Å². The van der Waals surface area contributed by atoms with E-state index in [1.807, 2.05) is 20.8 Å². The van der Waals surface area contributed by atoms with Crippen molar-refractivity contribution in [2.75, 3.05) is 26.4 Å². The SMILES string of the molecule is C#CCCOC(O)COc1c(Cl)cc(C(C)(C)c2cc(Cl)c(OCC(C)CO)c(Cl)c2)cc1Cl. The lowest BCUT2D eigenvalue weighted by Gasteiger charge is -2.28. The molecule has 2 aromatic rings. The first-order valence-electron chi connectivity index (χ1n) is 10.6. The van der Waals surface area contributed by atoms with Gasteiger partial charge in [-0.05, 0) is 35.4 Å². The number of aliphatic hydroxyl groups excluding tert-OH is 2. The molecule has 34 heavy (non-hydrogen) atoms. The Bertz CT molecular complexity index is 973. The van der Waals surface area contributed by atoms with E-state index >= 15 is 0 Å². The maximum absolute atomic E-state index is 9.86. The Morgan fingerprint density at radius 1 is 0.912 bits per heavy atom. The van der Waals surface area contributed by atoms with Gasteiger partial charge in [-0.1, -0.05) is 67.2 Å². The van der Waals surface area contributed by atoms with Gasteiger partial charge in [0.15, 0.2) is 17.8 Å². The van der Waals surface area contributed by atoms with Crippen molar-refractivity contribution in [1.82, 2.24) is 0 Å². The summed E-state index contributed by atoms with van der Waals surface area (Å²) in [6, 6.07) is 7.04. The largest absolute Gasteiger partial charge is 0.490 e. The molecule has 0 bridgehead atoms. The summed E-state index contributed by atoms with van der Waals surface area (Å²) < 4.78 is 16.4. The molecule has 0 aliphatic carbocycles. The molecule has 0 aliphatic rings. The average molecular weight is 550 g/mol. The Hall–Kier alpha value is -1.36. The quantitative estimate of drug-likeness (QED) is 0.183. The number of terminal acetylenes is 1. The molecule has 2 aromatic carbocycles. The molecule has 0 aliphatic heterocycles. The second-order valence-corrected chi connectivity index (χ2v) is 9.98. The molecule has 9 heteroatoms. The summed E-state index contributed by atoms with van der Waals surface area (Å²) in [6.45, 7) is 6.16. The van der Waals surface area contributed by atoms with Crippen LogP contribution in [0.4, 0.5) is 0 Å². The second-order valence-electron chi connectivity index (χ2n) is 8.35. The van der Waals surface area contributed by atoms with E-state index in [0.717, 1.165) is 11.1 Å². The molecule has 2 unspecified atom stereocenters. The lowest BCUT2D eigenvalue weighted by Crippen LogP contribution is -2.22. The highest BCUT2D eigenvalue weighted by Crippen LogP contribution is 2.43. The van der Waals surface area contributed by atoms with Crippen molar-refractivity contribution >= 4 is 46.4 Å². The molecule has 0 heterocycles. The third kappa shape index (κ3) is 7.57. The van der Waals surface area contributed by atoms with E-state index in [4.69, 9.17) is 67.0 Å². The summed E-state index contributed by atoms with van der Waals surface area (Å²) in [5.74, 6) is 2.97. The second kappa shape index (κ2) is 13.1. The van der Waals surface area contributed by atoms with Crippen LogP contribution in [0.1, 0.15) is 38.3 Å². The van der Waals surface area contributed by atoms with Crippen LogP contribution < -0.4 is 9.47 Å². The van der Waals surface area contributed by atoms with Crippen LogP contribution in [0.5, 0.6) is 11.5 Å². The van der Waals surface area contributed by atoms with Crippen molar-refractivity contribution in [2.24, 2.45) is 5.92 Å². The highest BCUT2D eigenvalue weighted by atomic mass is 35.5. The third-order valence-corrected chi connectivity index (χ3v) is 6.31. The van der Waals surface area contributed by atoms with Crippen LogP contribution in [-0.4, -0.2) is 42.9 Å². The molecule has 2 atom stereocenters. The molecule has 0 saturated carbocycles. The van der Waals surface area contributed by atoms with Crippen LogP contribution in [0.3, 0.4) is 0 Å². The summed E-state index contributed by atoms with van der Waals surface area (Å²) in [4.78, 5) is 0. The number of hydrogen-bond donors (Lipinski definition) is 2. The summed E-state index contributed by atoms with van der Waals surface area (Å²) in [7, 11) is 0. The van der Waals surface area contributed by atoms with E-state index in [-0.39, 0.29) is 48.1 Å². The molecule has 2 N–H and O–H groups in total. The van der Waals surface area contributed by atoms with E-state index < -0.39 is 11.7 Å². The zero-order valence-electron chi connectivity index (χ0n) is 19.2. The van der Waals surface area contributed by atoms with E-state index in [1.165, 1.54) is 0 Å². The minimum atomic E-state index is -1.16. The van der Waals surface area contributed by atoms with Gasteiger partial charge in [0, 0.05) is 24.4 Å². The zero-order valence-corrected chi connectivity index (χ0v) is 22.2. The van der Waals surface area contributed by atoms with Gasteiger partial charge < -0.3 is 24.4 Å². The normalized spacial score (nSPS) is 13.3. The van der Waals surface area contributed by atoms with Gasteiger partial charge in [0.25, 0.3) is 0 Å². The highest BCUT2D eigenvalue weighted by Gasteiger charge is 2.28. The van der Waals surface area contributed by atoms with E-state index in [1.54, 1.807) is 24.3 Å². The number of ether oxygens (including phenoxy) is 3. The molecular formula is C25H28Cl4O5. The molecule has 0 radical (unpaired) electrons. The zero-order chi connectivity index (χ0) is 25.5. The minimum Gasteiger partial charge on any atom is -0.490 e. The summed E-state index contributed by atoms with van der Waals surface area (Å²) >= 11 is 25.9. The van der Waals surface area contributed by atoms with Crippen LogP contribution in [0.15, 0.2) is 24.3 Å². The number of halogens is 4. The van der Waals surface area contributed by atoms with Gasteiger partial charge >= 0.3 is 0 Å². The molecular weight excluding hydrogens is 522 g/mol. The van der Waals surface area contributed by atoms with E-state index in [0.29, 0.717) is 22.2 Å². The number of aliphatic hydroxyl groups is 2. The fourth-order valence-corrected chi connectivity index (χ4v) is 4.21. The van der Waals surface area contributed by atoms with Crippen LogP contribution >= 0.6 is 46.4 Å². The van der Waals surface area contributed by atoms with E-state index in [2.05, 4.69) is 5.92 Å². The fraction of sp³-hybridized carbons (Fsp3) is 0.440. The van der Waals surface area contributed by atoms with Crippen LogP contribution in [-0.2, 0) is 10.2 Å². The monoisotopic (exact) mass is 548 g/mol. The van der Waals surface area contributed by atoms with Crippen LogP contribution in [0, 0.1) is 18.3 Å². The Morgan fingerprint density at radius 2 is 1.35 bits per heavy atom. The molecule has 2 rings (SSSR count). The first-order valence-corrected chi connectivity index (χ1v) is 12.1. The Kier molecular flexibility index (Phi) is 11.1. The molecule has 0 fully saturated rings. The molecule has 186 valence electrons. The van der Waals surface area contributed by atoms with Crippen molar-refractivity contribution in [3.63, 3.8) is 0 Å². The minimum absolute atomic E-state index is 0.000663. The predicted octanol–water partition coefficient (Wildman–Crippen LogP) is 6.37. The van der Waals surface area contributed by atoms with E-state index in [9.17, 15) is 10.2 Å². The Labute approximate surface area is 220 Å². The van der Waals surface area contributed by atoms with Gasteiger partial charge in [-0.15, -0.1) is 12.3 Å². The van der Waals surface area contributed by atoms with Crippen molar-refractivity contribution in [1.29, 1.82) is 0 Å². The van der Waals surface area contributed by atoms with Gasteiger partial charge in [-0.3, -0.25) is 0 Å². The first-order chi connectivity index (χ1) is 16.0. The molecule has 0 amide bonds. The van der Waals surface area contributed by atoms with Gasteiger partial charge in [-0.25, -0.2) is 0 Å². The standard InChI is InChI=1S/C25H28Cl4O5/c1-5-6-7-32-22(31)14-34-24-20(28)10-17(11-21(24)29)25(3,4)16-8-18(26)23(19(27)9-16)33-13-15(2)12-30/h1,8-11,15,22,30-31H,6-7,12-14H2,2-4H3. The maximum atomic E-state index is 9.86. The summed E-state index contributed by atoms with van der Waals surface area (Å²) in [5, 5.41) is 20.3. The number of rotatable bonds is 12. The topological polar surface area (TPSA) is 68.2 Å². The fourth-order valence-electron chi connectivity index (χ4n) is 3.02. The third-order valence-electron chi connectivity index (χ3n) is 5.19. The van der Waals surface area contributed by atoms with Gasteiger partial charge in [0.05, 0.1) is 33.3 Å². The summed E-state index contributed by atoms with van der Waals surface area (Å²) in [5.41, 5.74) is 1.05. The van der Waals surface area contributed by atoms with Crippen molar-refractivity contribution in [3.05, 3.63) is 55.5 Å². The molecule has 0 saturated heterocycles. The van der Waals surface area contributed by atoms with Crippen molar-refractivity contribution in [2.45, 2.75) is 38.9 Å². The van der Waals surface area contributed by atoms with Crippen LogP contribution in [0.2, 0.25) is 20.1 Å². The van der Waals surface area contributed by atoms with Gasteiger partial charge in [0.2, 0.25) is 0 Å². The van der Waals surface area contributed by atoms with Crippen LogP contribution in [0.25, 0.3) is 0 Å². The molecule has 5 nitrogen and oxygen atoms in total. The molecule has 0 aromatic heterocycles. The van der Waals surface area contributed by atoms with Gasteiger partial charge in [0.1, 0.15) is 6.61 Å². The number of hydrogen-bond acceptors (Lipinski definition) is 5. The number of benzene rings is 2. The Balaban J connectivity index is 2.24. The van der Waals surface area contributed by atoms with Gasteiger partial charge in [-0.2, -0.15) is 0 Å². The first kappa shape index (κ1) is 28.9. The lowest BCUT2D eigenvalue weighted by atomic mass is 9.78. The average Bonchev–Trinajstić information content (AvgIpc) is 2.77. The predicted molar refractivity (Wildman–Crippen MR) is 138 cm³/mol. The van der Waals surface area contributed by atoms with Crippen molar-refractivity contribution < 1.29 is 24.4 Å². The molecule has 0 spiro atoms. The lowest BCUT2D eigenvalue weighted by molar-refractivity contribution is -0.117. The smallest absolute Gasteiger partial charge is 0.189 e. The Morgan fingerprint density at radius 3 is 1.76 bits per heavy atom.